The van der Waals surface area contributed by atoms with Crippen molar-refractivity contribution < 1.29 is 14.2 Å². The van der Waals surface area contributed by atoms with E-state index in [0.717, 1.165) is 30.2 Å². The lowest BCUT2D eigenvalue weighted by Gasteiger charge is -2.31. The Morgan fingerprint density at radius 1 is 1.05 bits per heavy atom. The van der Waals surface area contributed by atoms with Crippen LogP contribution in [0.3, 0.4) is 0 Å². The van der Waals surface area contributed by atoms with Crippen molar-refractivity contribution in [1.82, 2.24) is 4.90 Å². The van der Waals surface area contributed by atoms with E-state index in [9.17, 15) is 5.26 Å². The third-order valence-corrected chi connectivity index (χ3v) is 3.42. The van der Waals surface area contributed by atoms with Gasteiger partial charge in [0.15, 0.2) is 11.5 Å². The first-order chi connectivity index (χ1) is 9.38. The SMILES string of the molecule is N#C[C@H](c1ccc2c(c1)OCCO2)N1CCOCC1. The van der Waals surface area contributed by atoms with Gasteiger partial charge in [-0.15, -0.1) is 0 Å². The van der Waals surface area contributed by atoms with Crippen molar-refractivity contribution in [3.8, 4) is 17.6 Å². The molecule has 1 aromatic carbocycles. The molecule has 3 rings (SSSR count). The van der Waals surface area contributed by atoms with Gasteiger partial charge < -0.3 is 14.2 Å². The lowest BCUT2D eigenvalue weighted by Crippen LogP contribution is -2.38. The molecule has 1 saturated heterocycles. The van der Waals surface area contributed by atoms with Crippen LogP contribution in [0.4, 0.5) is 0 Å². The first kappa shape index (κ1) is 12.3. The number of fused-ring (bicyclic) bond motifs is 1. The third kappa shape index (κ3) is 2.50. The zero-order chi connectivity index (χ0) is 13.1. The van der Waals surface area contributed by atoms with Gasteiger partial charge in [-0.3, -0.25) is 4.90 Å². The summed E-state index contributed by atoms with van der Waals surface area (Å²) < 4.78 is 16.4. The Balaban J connectivity index is 1.84. The number of benzene rings is 1. The molecule has 2 aliphatic heterocycles. The molecular weight excluding hydrogens is 244 g/mol. The maximum atomic E-state index is 9.43. The molecule has 0 radical (unpaired) electrons. The highest BCUT2D eigenvalue weighted by Gasteiger charge is 2.24. The van der Waals surface area contributed by atoms with Crippen molar-refractivity contribution >= 4 is 0 Å². The van der Waals surface area contributed by atoms with Gasteiger partial charge in [0.05, 0.1) is 19.3 Å². The molecule has 0 unspecified atom stereocenters. The smallest absolute Gasteiger partial charge is 0.161 e. The Morgan fingerprint density at radius 3 is 2.53 bits per heavy atom. The third-order valence-electron chi connectivity index (χ3n) is 3.42. The fourth-order valence-electron chi connectivity index (χ4n) is 2.43. The van der Waals surface area contributed by atoms with Crippen LogP contribution in [0, 0.1) is 11.3 Å². The lowest BCUT2D eigenvalue weighted by molar-refractivity contribution is 0.0265. The van der Waals surface area contributed by atoms with Crippen LogP contribution in [0.15, 0.2) is 18.2 Å². The molecule has 5 heteroatoms. The summed E-state index contributed by atoms with van der Waals surface area (Å²) in [6.07, 6.45) is 0. The summed E-state index contributed by atoms with van der Waals surface area (Å²) in [5.74, 6) is 1.49. The molecule has 2 aliphatic rings. The summed E-state index contributed by atoms with van der Waals surface area (Å²) in [6, 6.07) is 7.86. The molecule has 5 nitrogen and oxygen atoms in total. The lowest BCUT2D eigenvalue weighted by atomic mass is 10.1. The molecule has 0 aromatic heterocycles. The van der Waals surface area contributed by atoms with Crippen LogP contribution in [-0.4, -0.2) is 44.4 Å². The largest absolute Gasteiger partial charge is 0.486 e. The van der Waals surface area contributed by atoms with E-state index in [1.807, 2.05) is 18.2 Å². The van der Waals surface area contributed by atoms with Crippen LogP contribution in [0.5, 0.6) is 11.5 Å². The van der Waals surface area contributed by atoms with Gasteiger partial charge in [0, 0.05) is 13.1 Å². The first-order valence-electron chi connectivity index (χ1n) is 6.49. The van der Waals surface area contributed by atoms with Crippen LogP contribution >= 0.6 is 0 Å². The molecule has 100 valence electrons. The summed E-state index contributed by atoms with van der Waals surface area (Å²) in [5, 5.41) is 9.43. The van der Waals surface area contributed by atoms with Gasteiger partial charge in [-0.1, -0.05) is 6.07 Å². The molecule has 1 aromatic rings. The van der Waals surface area contributed by atoms with Crippen molar-refractivity contribution in [2.75, 3.05) is 39.5 Å². The molecule has 1 atom stereocenters. The molecular formula is C14H16N2O3. The quantitative estimate of drug-likeness (QED) is 0.803. The minimum Gasteiger partial charge on any atom is -0.486 e. The number of ether oxygens (including phenoxy) is 3. The molecule has 1 fully saturated rings. The predicted molar refractivity (Wildman–Crippen MR) is 68.2 cm³/mol. The van der Waals surface area contributed by atoms with Crippen molar-refractivity contribution in [2.45, 2.75) is 6.04 Å². The van der Waals surface area contributed by atoms with Crippen LogP contribution < -0.4 is 9.47 Å². The maximum Gasteiger partial charge on any atom is 0.161 e. The Hall–Kier alpha value is -1.77. The maximum absolute atomic E-state index is 9.43. The number of nitrogens with zero attached hydrogens (tertiary/aromatic N) is 2. The second-order valence-corrected chi connectivity index (χ2v) is 4.58. The molecule has 0 amide bonds. The van der Waals surface area contributed by atoms with E-state index in [1.54, 1.807) is 0 Å². The van der Waals surface area contributed by atoms with Crippen molar-refractivity contribution in [2.24, 2.45) is 0 Å². The van der Waals surface area contributed by atoms with Crippen molar-refractivity contribution in [3.05, 3.63) is 23.8 Å². The summed E-state index contributed by atoms with van der Waals surface area (Å²) in [5.41, 5.74) is 0.952. The molecule has 0 saturated carbocycles. The van der Waals surface area contributed by atoms with E-state index in [1.165, 1.54) is 0 Å². The van der Waals surface area contributed by atoms with Crippen LogP contribution in [0.25, 0.3) is 0 Å². The predicted octanol–water partition coefficient (Wildman–Crippen LogP) is 1.35. The number of hydrogen-bond acceptors (Lipinski definition) is 5. The zero-order valence-corrected chi connectivity index (χ0v) is 10.7. The molecule has 0 N–H and O–H groups in total. The minimum absolute atomic E-state index is 0.250. The summed E-state index contributed by atoms with van der Waals surface area (Å²) in [6.45, 7) is 4.08. The fraction of sp³-hybridized carbons (Fsp3) is 0.500. The highest BCUT2D eigenvalue weighted by molar-refractivity contribution is 5.45. The standard InChI is InChI=1S/C14H16N2O3/c15-10-12(16-3-5-17-6-4-16)11-1-2-13-14(9-11)19-8-7-18-13/h1-2,9,12H,3-8H2/t12-/m1/s1. The van der Waals surface area contributed by atoms with Gasteiger partial charge in [0.1, 0.15) is 19.3 Å². The first-order valence-corrected chi connectivity index (χ1v) is 6.49. The topological polar surface area (TPSA) is 54.7 Å². The second-order valence-electron chi connectivity index (χ2n) is 4.58. The van der Waals surface area contributed by atoms with E-state index >= 15 is 0 Å². The number of nitriles is 1. The van der Waals surface area contributed by atoms with Crippen LogP contribution in [0.2, 0.25) is 0 Å². The summed E-state index contributed by atoms with van der Waals surface area (Å²) in [7, 11) is 0. The van der Waals surface area contributed by atoms with E-state index in [0.29, 0.717) is 26.4 Å². The van der Waals surface area contributed by atoms with Gasteiger partial charge >= 0.3 is 0 Å². The van der Waals surface area contributed by atoms with Crippen molar-refractivity contribution in [1.29, 1.82) is 5.26 Å². The molecule has 0 aliphatic carbocycles. The average molecular weight is 260 g/mol. The monoisotopic (exact) mass is 260 g/mol. The second kappa shape index (κ2) is 5.47. The number of rotatable bonds is 2. The number of morpholine rings is 1. The van der Waals surface area contributed by atoms with E-state index in [2.05, 4.69) is 11.0 Å². The van der Waals surface area contributed by atoms with Gasteiger partial charge in [-0.25, -0.2) is 0 Å². The average Bonchev–Trinajstić information content (AvgIpc) is 2.49. The summed E-state index contributed by atoms with van der Waals surface area (Å²) >= 11 is 0. The zero-order valence-electron chi connectivity index (χ0n) is 10.7. The van der Waals surface area contributed by atoms with Gasteiger partial charge in [0.2, 0.25) is 0 Å². The molecule has 0 spiro atoms. The van der Waals surface area contributed by atoms with Gasteiger partial charge in [0.25, 0.3) is 0 Å². The Kier molecular flexibility index (Phi) is 3.53. The van der Waals surface area contributed by atoms with Gasteiger partial charge in [-0.2, -0.15) is 5.26 Å². The van der Waals surface area contributed by atoms with Gasteiger partial charge in [-0.05, 0) is 17.7 Å². The summed E-state index contributed by atoms with van der Waals surface area (Å²) in [4.78, 5) is 2.13. The number of hydrogen-bond donors (Lipinski definition) is 0. The highest BCUT2D eigenvalue weighted by atomic mass is 16.6. The fourth-order valence-corrected chi connectivity index (χ4v) is 2.43. The van der Waals surface area contributed by atoms with E-state index in [4.69, 9.17) is 14.2 Å². The molecule has 0 bridgehead atoms. The van der Waals surface area contributed by atoms with Crippen LogP contribution in [0.1, 0.15) is 11.6 Å². The van der Waals surface area contributed by atoms with Crippen LogP contribution in [-0.2, 0) is 4.74 Å². The highest BCUT2D eigenvalue weighted by Crippen LogP contribution is 2.34. The molecule has 19 heavy (non-hydrogen) atoms. The minimum atomic E-state index is -0.250. The normalized spacial score (nSPS) is 20.6. The van der Waals surface area contributed by atoms with E-state index in [-0.39, 0.29) is 6.04 Å². The Morgan fingerprint density at radius 2 is 1.79 bits per heavy atom. The molecule has 2 heterocycles. The Bertz CT molecular complexity index is 492. The Labute approximate surface area is 112 Å². The van der Waals surface area contributed by atoms with Crippen molar-refractivity contribution in [3.63, 3.8) is 0 Å². The van der Waals surface area contributed by atoms with E-state index < -0.39 is 0 Å².